The first-order chi connectivity index (χ1) is 11.8. The third-order valence-corrected chi connectivity index (χ3v) is 4.01. The fourth-order valence-corrected chi connectivity index (χ4v) is 2.48. The minimum Gasteiger partial charge on any atom is -0.495 e. The molecule has 0 atom stereocenters. The van der Waals surface area contributed by atoms with Crippen LogP contribution in [0.3, 0.4) is 0 Å². The van der Waals surface area contributed by atoms with E-state index >= 15 is 0 Å². The Morgan fingerprint density at radius 3 is 2.28 bits per heavy atom. The van der Waals surface area contributed by atoms with Crippen LogP contribution in [0, 0.1) is 0 Å². The predicted molar refractivity (Wildman–Crippen MR) is 100 cm³/mol. The number of carbonyl (C=O) groups excluding carboxylic acids is 2. The van der Waals surface area contributed by atoms with Crippen LogP contribution in [0.15, 0.2) is 48.5 Å². The molecule has 0 unspecified atom stereocenters. The number of ether oxygens (including phenoxy) is 1. The molecule has 1 amide bonds. The number of ketones is 1. The van der Waals surface area contributed by atoms with E-state index in [9.17, 15) is 9.59 Å². The number of amides is 1. The summed E-state index contributed by atoms with van der Waals surface area (Å²) in [5.74, 6) is 0.371. The molecular formula is C21H25NO3. The Labute approximate surface area is 149 Å². The average molecular weight is 339 g/mol. The maximum absolute atomic E-state index is 12.3. The van der Waals surface area contributed by atoms with Crippen molar-refractivity contribution in [1.29, 1.82) is 0 Å². The Balaban J connectivity index is 2.03. The number of nitrogens with one attached hydrogen (secondary N) is 1. The molecule has 4 nitrogen and oxygen atoms in total. The molecule has 0 heterocycles. The first kappa shape index (κ1) is 18.7. The molecule has 0 radical (unpaired) electrons. The molecule has 0 saturated heterocycles. The van der Waals surface area contributed by atoms with Gasteiger partial charge >= 0.3 is 0 Å². The second-order valence-electron chi connectivity index (χ2n) is 7.00. The van der Waals surface area contributed by atoms with Gasteiger partial charge in [-0.05, 0) is 23.1 Å². The molecule has 4 heteroatoms. The lowest BCUT2D eigenvalue weighted by molar-refractivity contribution is -0.116. The lowest BCUT2D eigenvalue weighted by Gasteiger charge is -2.21. The van der Waals surface area contributed by atoms with Crippen LogP contribution in [-0.4, -0.2) is 18.8 Å². The highest BCUT2D eigenvalue weighted by molar-refractivity contribution is 6.00. The summed E-state index contributed by atoms with van der Waals surface area (Å²) in [4.78, 5) is 24.4. The number of hydrogen-bond acceptors (Lipinski definition) is 3. The van der Waals surface area contributed by atoms with E-state index in [0.717, 1.165) is 5.56 Å². The fourth-order valence-electron chi connectivity index (χ4n) is 2.48. The molecule has 0 aliphatic rings. The Bertz CT molecular complexity index is 745. The summed E-state index contributed by atoms with van der Waals surface area (Å²) in [5, 5.41) is 2.86. The zero-order valence-corrected chi connectivity index (χ0v) is 15.3. The van der Waals surface area contributed by atoms with Crippen molar-refractivity contribution < 1.29 is 14.3 Å². The molecule has 0 aliphatic carbocycles. The highest BCUT2D eigenvalue weighted by Gasteiger charge is 2.17. The van der Waals surface area contributed by atoms with Gasteiger partial charge in [-0.1, -0.05) is 57.2 Å². The minimum atomic E-state index is -0.200. The largest absolute Gasteiger partial charge is 0.495 e. The number of benzene rings is 2. The lowest BCUT2D eigenvalue weighted by atomic mass is 9.87. The molecule has 2 aromatic carbocycles. The third-order valence-electron chi connectivity index (χ3n) is 4.01. The Morgan fingerprint density at radius 1 is 1.00 bits per heavy atom. The summed E-state index contributed by atoms with van der Waals surface area (Å²) in [6.07, 6.45) is 0.313. The first-order valence-corrected chi connectivity index (χ1v) is 8.38. The SMILES string of the molecule is COc1ccc(C(C)(C)C)cc1NC(=O)CCC(=O)c1ccccc1. The van der Waals surface area contributed by atoms with E-state index in [1.165, 1.54) is 0 Å². The van der Waals surface area contributed by atoms with E-state index in [0.29, 0.717) is 17.0 Å². The maximum Gasteiger partial charge on any atom is 0.224 e. The van der Waals surface area contributed by atoms with Gasteiger partial charge < -0.3 is 10.1 Å². The standard InChI is InChI=1S/C21H25NO3/c1-21(2,3)16-10-12-19(25-4)17(14-16)22-20(24)13-11-18(23)15-8-6-5-7-9-15/h5-10,12,14H,11,13H2,1-4H3,(H,22,24). The van der Waals surface area contributed by atoms with Gasteiger partial charge in [-0.2, -0.15) is 0 Å². The van der Waals surface area contributed by atoms with Crippen molar-refractivity contribution in [2.75, 3.05) is 12.4 Å². The molecule has 25 heavy (non-hydrogen) atoms. The summed E-state index contributed by atoms with van der Waals surface area (Å²) in [7, 11) is 1.57. The second kappa shape index (κ2) is 7.97. The smallest absolute Gasteiger partial charge is 0.224 e. The summed E-state index contributed by atoms with van der Waals surface area (Å²) >= 11 is 0. The zero-order valence-electron chi connectivity index (χ0n) is 15.3. The van der Waals surface area contributed by atoms with Crippen LogP contribution >= 0.6 is 0 Å². The van der Waals surface area contributed by atoms with Gasteiger partial charge in [0.05, 0.1) is 12.8 Å². The van der Waals surface area contributed by atoms with Crippen molar-refractivity contribution in [1.82, 2.24) is 0 Å². The third kappa shape index (κ3) is 5.18. The molecule has 1 N–H and O–H groups in total. The van der Waals surface area contributed by atoms with Crippen molar-refractivity contribution in [3.05, 3.63) is 59.7 Å². The van der Waals surface area contributed by atoms with E-state index in [1.807, 2.05) is 36.4 Å². The van der Waals surface area contributed by atoms with Gasteiger partial charge in [-0.15, -0.1) is 0 Å². The van der Waals surface area contributed by atoms with Crippen LogP contribution in [-0.2, 0) is 10.2 Å². The molecule has 2 aromatic rings. The molecule has 132 valence electrons. The second-order valence-corrected chi connectivity index (χ2v) is 7.00. The Hall–Kier alpha value is -2.62. The summed E-state index contributed by atoms with van der Waals surface area (Å²) in [6.45, 7) is 6.33. The van der Waals surface area contributed by atoms with Crippen molar-refractivity contribution >= 4 is 17.4 Å². The van der Waals surface area contributed by atoms with Gasteiger partial charge in [-0.25, -0.2) is 0 Å². The van der Waals surface area contributed by atoms with E-state index in [-0.39, 0.29) is 29.9 Å². The van der Waals surface area contributed by atoms with Gasteiger partial charge in [0.1, 0.15) is 5.75 Å². The topological polar surface area (TPSA) is 55.4 Å². The van der Waals surface area contributed by atoms with Crippen molar-refractivity contribution in [3.63, 3.8) is 0 Å². The van der Waals surface area contributed by atoms with Crippen LogP contribution in [0.1, 0.15) is 49.5 Å². The molecule has 0 saturated carbocycles. The number of rotatable bonds is 6. The van der Waals surface area contributed by atoms with Crippen molar-refractivity contribution in [2.45, 2.75) is 39.0 Å². The number of carbonyl (C=O) groups is 2. The summed E-state index contributed by atoms with van der Waals surface area (Å²) in [5.41, 5.74) is 2.33. The normalized spacial score (nSPS) is 11.0. The molecule has 0 bridgehead atoms. The predicted octanol–water partition coefficient (Wildman–Crippen LogP) is 4.59. The molecule has 0 fully saturated rings. The van der Waals surface area contributed by atoms with E-state index in [2.05, 4.69) is 26.1 Å². The Morgan fingerprint density at radius 2 is 1.68 bits per heavy atom. The van der Waals surface area contributed by atoms with Gasteiger partial charge in [-0.3, -0.25) is 9.59 Å². The van der Waals surface area contributed by atoms with Gasteiger partial charge in [0, 0.05) is 18.4 Å². The molecule has 2 rings (SSSR count). The Kier molecular flexibility index (Phi) is 5.97. The van der Waals surface area contributed by atoms with Crippen LogP contribution in [0.5, 0.6) is 5.75 Å². The molecule has 0 aromatic heterocycles. The average Bonchev–Trinajstić information content (AvgIpc) is 2.59. The highest BCUT2D eigenvalue weighted by atomic mass is 16.5. The number of methoxy groups -OCH3 is 1. The molecule has 0 aliphatic heterocycles. The quantitative estimate of drug-likeness (QED) is 0.783. The van der Waals surface area contributed by atoms with Gasteiger partial charge in [0.15, 0.2) is 5.78 Å². The molecule has 0 spiro atoms. The monoisotopic (exact) mass is 339 g/mol. The van der Waals surface area contributed by atoms with E-state index < -0.39 is 0 Å². The first-order valence-electron chi connectivity index (χ1n) is 8.38. The van der Waals surface area contributed by atoms with Crippen molar-refractivity contribution in [2.24, 2.45) is 0 Å². The number of hydrogen-bond donors (Lipinski definition) is 1. The zero-order chi connectivity index (χ0) is 18.4. The van der Waals surface area contributed by atoms with Crippen LogP contribution in [0.4, 0.5) is 5.69 Å². The summed E-state index contributed by atoms with van der Waals surface area (Å²) in [6, 6.07) is 14.8. The van der Waals surface area contributed by atoms with Crippen molar-refractivity contribution in [3.8, 4) is 5.75 Å². The van der Waals surface area contributed by atoms with Gasteiger partial charge in [0.25, 0.3) is 0 Å². The minimum absolute atomic E-state index is 0.0327. The molecular weight excluding hydrogens is 314 g/mol. The van der Waals surface area contributed by atoms with Crippen LogP contribution < -0.4 is 10.1 Å². The van der Waals surface area contributed by atoms with Crippen LogP contribution in [0.2, 0.25) is 0 Å². The number of anilines is 1. The fraction of sp³-hybridized carbons (Fsp3) is 0.333. The van der Waals surface area contributed by atoms with E-state index in [4.69, 9.17) is 4.74 Å². The van der Waals surface area contributed by atoms with Gasteiger partial charge in [0.2, 0.25) is 5.91 Å². The van der Waals surface area contributed by atoms with Crippen LogP contribution in [0.25, 0.3) is 0 Å². The van der Waals surface area contributed by atoms with E-state index in [1.54, 1.807) is 19.2 Å². The maximum atomic E-state index is 12.3. The number of Topliss-reactive ketones (excluding diaryl/α,β-unsaturated/α-hetero) is 1. The summed E-state index contributed by atoms with van der Waals surface area (Å²) < 4.78 is 5.33. The lowest BCUT2D eigenvalue weighted by Crippen LogP contribution is -2.16. The highest BCUT2D eigenvalue weighted by Crippen LogP contribution is 2.31.